The Morgan fingerprint density at radius 1 is 1.38 bits per heavy atom. The molecule has 0 heterocycles. The van der Waals surface area contributed by atoms with E-state index in [0.29, 0.717) is 0 Å². The van der Waals surface area contributed by atoms with Crippen molar-refractivity contribution in [2.75, 3.05) is 19.0 Å². The highest BCUT2D eigenvalue weighted by molar-refractivity contribution is 9.09. The van der Waals surface area contributed by atoms with Crippen LogP contribution in [0.5, 0.6) is 5.75 Å². The van der Waals surface area contributed by atoms with Gasteiger partial charge in [-0.05, 0) is 24.1 Å². The standard InChI is InChI=1S/C13H19BrO2/c1-3-4-8-16-13(10-14)11-6-5-7-12(9-11)15-2/h5-7,9,13H,3-4,8,10H2,1-2H3. The smallest absolute Gasteiger partial charge is 0.119 e. The molecular formula is C13H19BrO2. The fraction of sp³-hybridized carbons (Fsp3) is 0.538. The maximum atomic E-state index is 5.81. The Bertz CT molecular complexity index is 302. The van der Waals surface area contributed by atoms with Gasteiger partial charge in [0, 0.05) is 11.9 Å². The van der Waals surface area contributed by atoms with Crippen LogP contribution in [0.4, 0.5) is 0 Å². The first-order valence-electron chi connectivity index (χ1n) is 5.63. The van der Waals surface area contributed by atoms with Gasteiger partial charge in [0.15, 0.2) is 0 Å². The van der Waals surface area contributed by atoms with Gasteiger partial charge in [0.05, 0.1) is 13.2 Å². The van der Waals surface area contributed by atoms with Crippen molar-refractivity contribution in [1.29, 1.82) is 0 Å². The summed E-state index contributed by atoms with van der Waals surface area (Å²) < 4.78 is 11.0. The summed E-state index contributed by atoms with van der Waals surface area (Å²) in [5, 5.41) is 0.809. The lowest BCUT2D eigenvalue weighted by atomic mass is 10.1. The molecule has 1 aromatic carbocycles. The Kier molecular flexibility index (Phi) is 6.50. The van der Waals surface area contributed by atoms with Crippen molar-refractivity contribution in [1.82, 2.24) is 0 Å². The number of halogens is 1. The van der Waals surface area contributed by atoms with Crippen LogP contribution in [0.15, 0.2) is 24.3 Å². The van der Waals surface area contributed by atoms with Crippen LogP contribution in [0.25, 0.3) is 0 Å². The van der Waals surface area contributed by atoms with Crippen LogP contribution in [-0.2, 0) is 4.74 Å². The quantitative estimate of drug-likeness (QED) is 0.558. The fourth-order valence-electron chi connectivity index (χ4n) is 1.44. The molecule has 0 fully saturated rings. The molecule has 0 aliphatic carbocycles. The minimum atomic E-state index is 0.113. The molecule has 2 nitrogen and oxygen atoms in total. The second-order valence-electron chi connectivity index (χ2n) is 3.64. The molecule has 0 saturated carbocycles. The largest absolute Gasteiger partial charge is 0.497 e. The van der Waals surface area contributed by atoms with Crippen LogP contribution >= 0.6 is 15.9 Å². The molecule has 0 spiro atoms. The molecule has 0 radical (unpaired) electrons. The normalized spacial score (nSPS) is 12.4. The average Bonchev–Trinajstić information content (AvgIpc) is 2.35. The summed E-state index contributed by atoms with van der Waals surface area (Å²) in [5.41, 5.74) is 1.16. The number of unbranched alkanes of at least 4 members (excludes halogenated alkanes) is 1. The molecule has 1 unspecified atom stereocenters. The first-order valence-corrected chi connectivity index (χ1v) is 6.75. The highest BCUT2D eigenvalue weighted by Crippen LogP contribution is 2.23. The molecule has 0 aliphatic rings. The van der Waals surface area contributed by atoms with Gasteiger partial charge in [-0.3, -0.25) is 0 Å². The van der Waals surface area contributed by atoms with E-state index in [1.54, 1.807) is 7.11 Å². The van der Waals surface area contributed by atoms with Gasteiger partial charge in [0.2, 0.25) is 0 Å². The summed E-state index contributed by atoms with van der Waals surface area (Å²) in [6.45, 7) is 2.97. The third kappa shape index (κ3) is 4.14. The zero-order valence-corrected chi connectivity index (χ0v) is 11.5. The molecule has 0 bridgehead atoms. The second kappa shape index (κ2) is 7.69. The van der Waals surface area contributed by atoms with Crippen molar-refractivity contribution in [2.45, 2.75) is 25.9 Å². The van der Waals surface area contributed by atoms with Gasteiger partial charge in [0.1, 0.15) is 5.75 Å². The number of benzene rings is 1. The first-order chi connectivity index (χ1) is 7.81. The van der Waals surface area contributed by atoms with Crippen molar-refractivity contribution in [3.63, 3.8) is 0 Å². The average molecular weight is 287 g/mol. The molecule has 0 amide bonds. The van der Waals surface area contributed by atoms with E-state index in [1.807, 2.05) is 18.2 Å². The van der Waals surface area contributed by atoms with Crippen LogP contribution in [0.2, 0.25) is 0 Å². The van der Waals surface area contributed by atoms with Crippen LogP contribution in [0, 0.1) is 0 Å². The summed E-state index contributed by atoms with van der Waals surface area (Å²) in [4.78, 5) is 0. The van der Waals surface area contributed by atoms with Crippen LogP contribution in [0.1, 0.15) is 31.4 Å². The van der Waals surface area contributed by atoms with Crippen molar-refractivity contribution in [3.8, 4) is 5.75 Å². The Morgan fingerprint density at radius 2 is 2.19 bits per heavy atom. The summed E-state index contributed by atoms with van der Waals surface area (Å²) in [7, 11) is 1.68. The zero-order valence-electron chi connectivity index (χ0n) is 9.91. The van der Waals surface area contributed by atoms with E-state index in [2.05, 4.69) is 28.9 Å². The van der Waals surface area contributed by atoms with E-state index < -0.39 is 0 Å². The van der Waals surface area contributed by atoms with Crippen molar-refractivity contribution < 1.29 is 9.47 Å². The molecule has 1 rings (SSSR count). The van der Waals surface area contributed by atoms with Gasteiger partial charge in [-0.2, -0.15) is 0 Å². The molecule has 1 aromatic rings. The van der Waals surface area contributed by atoms with Gasteiger partial charge in [-0.1, -0.05) is 41.4 Å². The molecular weight excluding hydrogens is 268 g/mol. The van der Waals surface area contributed by atoms with E-state index in [-0.39, 0.29) is 6.10 Å². The molecule has 0 aliphatic heterocycles. The number of hydrogen-bond acceptors (Lipinski definition) is 2. The number of rotatable bonds is 7. The minimum absolute atomic E-state index is 0.113. The Balaban J connectivity index is 2.62. The van der Waals surface area contributed by atoms with Crippen LogP contribution < -0.4 is 4.74 Å². The lowest BCUT2D eigenvalue weighted by Crippen LogP contribution is -2.07. The maximum Gasteiger partial charge on any atom is 0.119 e. The number of methoxy groups -OCH3 is 1. The Morgan fingerprint density at radius 3 is 2.81 bits per heavy atom. The van der Waals surface area contributed by atoms with Crippen molar-refractivity contribution in [3.05, 3.63) is 29.8 Å². The van der Waals surface area contributed by atoms with Crippen LogP contribution in [0.3, 0.4) is 0 Å². The van der Waals surface area contributed by atoms with Crippen molar-refractivity contribution in [2.24, 2.45) is 0 Å². The fourth-order valence-corrected chi connectivity index (χ4v) is 2.00. The predicted octanol–water partition coefficient (Wildman–Crippen LogP) is 3.95. The van der Waals surface area contributed by atoms with Crippen molar-refractivity contribution >= 4 is 15.9 Å². The monoisotopic (exact) mass is 286 g/mol. The molecule has 0 saturated heterocycles. The third-order valence-corrected chi connectivity index (χ3v) is 3.01. The topological polar surface area (TPSA) is 18.5 Å². The first kappa shape index (κ1) is 13.5. The van der Waals surface area contributed by atoms with E-state index in [4.69, 9.17) is 9.47 Å². The van der Waals surface area contributed by atoms with E-state index in [0.717, 1.165) is 36.1 Å². The van der Waals surface area contributed by atoms with E-state index >= 15 is 0 Å². The Labute approximate surface area is 106 Å². The maximum absolute atomic E-state index is 5.81. The van der Waals surface area contributed by atoms with Gasteiger partial charge in [0.25, 0.3) is 0 Å². The summed E-state index contributed by atoms with van der Waals surface area (Å²) >= 11 is 3.49. The van der Waals surface area contributed by atoms with E-state index in [1.165, 1.54) is 0 Å². The van der Waals surface area contributed by atoms with Gasteiger partial charge >= 0.3 is 0 Å². The number of alkyl halides is 1. The number of ether oxygens (including phenoxy) is 2. The zero-order chi connectivity index (χ0) is 11.8. The lowest BCUT2D eigenvalue weighted by molar-refractivity contribution is 0.0676. The predicted molar refractivity (Wildman–Crippen MR) is 70.4 cm³/mol. The summed E-state index contributed by atoms with van der Waals surface area (Å²) in [5.74, 6) is 0.877. The SMILES string of the molecule is CCCCOC(CBr)c1cccc(OC)c1. The minimum Gasteiger partial charge on any atom is -0.497 e. The number of hydrogen-bond donors (Lipinski definition) is 0. The third-order valence-electron chi connectivity index (χ3n) is 2.42. The molecule has 16 heavy (non-hydrogen) atoms. The van der Waals surface area contributed by atoms with Gasteiger partial charge in [-0.15, -0.1) is 0 Å². The van der Waals surface area contributed by atoms with Crippen LogP contribution in [-0.4, -0.2) is 19.0 Å². The lowest BCUT2D eigenvalue weighted by Gasteiger charge is -2.16. The second-order valence-corrected chi connectivity index (χ2v) is 4.29. The highest BCUT2D eigenvalue weighted by Gasteiger charge is 2.10. The molecule has 0 aromatic heterocycles. The highest BCUT2D eigenvalue weighted by atomic mass is 79.9. The molecule has 90 valence electrons. The molecule has 1 atom stereocenters. The van der Waals surface area contributed by atoms with Gasteiger partial charge < -0.3 is 9.47 Å². The molecule has 0 N–H and O–H groups in total. The summed E-state index contributed by atoms with van der Waals surface area (Å²) in [6, 6.07) is 8.03. The Hall–Kier alpha value is -0.540. The van der Waals surface area contributed by atoms with Gasteiger partial charge in [-0.25, -0.2) is 0 Å². The van der Waals surface area contributed by atoms with E-state index in [9.17, 15) is 0 Å². The molecule has 3 heteroatoms. The summed E-state index contributed by atoms with van der Waals surface area (Å²) in [6.07, 6.45) is 2.38.